The molecular formula is C10H10ClF3N2O. The van der Waals surface area contributed by atoms with Crippen molar-refractivity contribution in [2.45, 2.75) is 18.6 Å². The quantitative estimate of drug-likeness (QED) is 0.883. The fourth-order valence-corrected chi connectivity index (χ4v) is 1.32. The molecule has 1 unspecified atom stereocenters. The number of anilines is 1. The number of amides is 1. The van der Waals surface area contributed by atoms with Crippen molar-refractivity contribution in [3.8, 4) is 0 Å². The van der Waals surface area contributed by atoms with Gasteiger partial charge in [-0.3, -0.25) is 4.79 Å². The molecule has 0 spiro atoms. The van der Waals surface area contributed by atoms with E-state index < -0.39 is 17.6 Å². The average Bonchev–Trinajstić information content (AvgIpc) is 2.15. The van der Waals surface area contributed by atoms with E-state index in [0.717, 1.165) is 0 Å². The van der Waals surface area contributed by atoms with Gasteiger partial charge < -0.3 is 11.1 Å². The Labute approximate surface area is 101 Å². The Morgan fingerprint density at radius 2 is 2.00 bits per heavy atom. The van der Waals surface area contributed by atoms with Crippen LogP contribution >= 0.6 is 11.6 Å². The normalized spacial score (nSPS) is 15.1. The number of hydrogen-bond acceptors (Lipinski definition) is 2. The standard InChI is InChI=1S/C10H10ClF3N2O/c1-9(8(15)17,10(12,13)14)16-7-4-2-3-6(11)5-7/h2-5,16H,1H3,(H2,15,17). The molecule has 0 radical (unpaired) electrons. The molecule has 1 aromatic carbocycles. The number of carbonyl (C=O) groups excluding carboxylic acids is 1. The van der Waals surface area contributed by atoms with E-state index >= 15 is 0 Å². The molecule has 1 amide bonds. The molecule has 0 aromatic heterocycles. The molecule has 0 bridgehead atoms. The second-order valence-electron chi connectivity index (χ2n) is 3.62. The Hall–Kier alpha value is -1.43. The van der Waals surface area contributed by atoms with E-state index in [9.17, 15) is 18.0 Å². The zero-order chi connectivity index (χ0) is 13.3. The minimum atomic E-state index is -4.80. The Balaban J connectivity index is 3.08. The Morgan fingerprint density at radius 1 is 1.41 bits per heavy atom. The first-order valence-electron chi connectivity index (χ1n) is 4.57. The molecule has 7 heteroatoms. The summed E-state index contributed by atoms with van der Waals surface area (Å²) in [6, 6.07) is 5.59. The lowest BCUT2D eigenvalue weighted by Gasteiger charge is -2.30. The minimum Gasteiger partial charge on any atom is -0.367 e. The van der Waals surface area contributed by atoms with E-state index in [0.29, 0.717) is 6.92 Å². The van der Waals surface area contributed by atoms with E-state index in [1.807, 2.05) is 0 Å². The second-order valence-corrected chi connectivity index (χ2v) is 4.06. The zero-order valence-corrected chi connectivity index (χ0v) is 9.56. The molecule has 1 atom stereocenters. The number of alkyl halides is 3. The Kier molecular flexibility index (Phi) is 3.56. The van der Waals surface area contributed by atoms with Crippen molar-refractivity contribution < 1.29 is 18.0 Å². The van der Waals surface area contributed by atoms with E-state index in [1.165, 1.54) is 24.3 Å². The van der Waals surface area contributed by atoms with Gasteiger partial charge in [-0.05, 0) is 25.1 Å². The molecule has 0 saturated heterocycles. The van der Waals surface area contributed by atoms with Crippen LogP contribution in [0.2, 0.25) is 5.02 Å². The molecule has 0 heterocycles. The summed E-state index contributed by atoms with van der Waals surface area (Å²) in [5.41, 5.74) is 2.02. The Morgan fingerprint density at radius 3 is 2.41 bits per heavy atom. The largest absolute Gasteiger partial charge is 0.420 e. The highest BCUT2D eigenvalue weighted by molar-refractivity contribution is 6.30. The van der Waals surface area contributed by atoms with E-state index in [-0.39, 0.29) is 10.7 Å². The van der Waals surface area contributed by atoms with Crippen molar-refractivity contribution in [1.29, 1.82) is 0 Å². The lowest BCUT2D eigenvalue weighted by atomic mass is 10.0. The fourth-order valence-electron chi connectivity index (χ4n) is 1.13. The number of primary amides is 1. The van der Waals surface area contributed by atoms with Gasteiger partial charge in [-0.25, -0.2) is 0 Å². The third-order valence-corrected chi connectivity index (χ3v) is 2.51. The van der Waals surface area contributed by atoms with Crippen LogP contribution in [-0.4, -0.2) is 17.6 Å². The fraction of sp³-hybridized carbons (Fsp3) is 0.300. The number of hydrogen-bond donors (Lipinski definition) is 2. The maximum Gasteiger partial charge on any atom is 0.420 e. The lowest BCUT2D eigenvalue weighted by Crippen LogP contribution is -2.58. The smallest absolute Gasteiger partial charge is 0.367 e. The highest BCUT2D eigenvalue weighted by Gasteiger charge is 2.56. The van der Waals surface area contributed by atoms with E-state index in [2.05, 4.69) is 5.32 Å². The van der Waals surface area contributed by atoms with Gasteiger partial charge in [0.15, 0.2) is 0 Å². The predicted molar refractivity (Wildman–Crippen MR) is 58.7 cm³/mol. The molecule has 0 fully saturated rings. The first kappa shape index (κ1) is 13.6. The first-order chi connectivity index (χ1) is 7.67. The number of nitrogens with two attached hydrogens (primary N) is 1. The Bertz CT molecular complexity index is 436. The topological polar surface area (TPSA) is 55.1 Å². The van der Waals surface area contributed by atoms with Crippen molar-refractivity contribution >= 4 is 23.2 Å². The highest BCUT2D eigenvalue weighted by Crippen LogP contribution is 2.33. The predicted octanol–water partition coefficient (Wildman–Crippen LogP) is 2.56. The summed E-state index contributed by atoms with van der Waals surface area (Å²) in [5.74, 6) is -1.51. The molecule has 94 valence electrons. The third kappa shape index (κ3) is 2.82. The van der Waals surface area contributed by atoms with Gasteiger partial charge in [0.25, 0.3) is 5.91 Å². The SMILES string of the molecule is CC(Nc1cccc(Cl)c1)(C(N)=O)C(F)(F)F. The van der Waals surface area contributed by atoms with Crippen molar-refractivity contribution in [2.75, 3.05) is 5.32 Å². The molecule has 3 N–H and O–H groups in total. The van der Waals surface area contributed by atoms with E-state index in [1.54, 1.807) is 0 Å². The summed E-state index contributed by atoms with van der Waals surface area (Å²) in [5, 5.41) is 2.31. The van der Waals surface area contributed by atoms with Gasteiger partial charge in [0.05, 0.1) is 0 Å². The summed E-state index contributed by atoms with van der Waals surface area (Å²) < 4.78 is 38.2. The molecule has 0 aliphatic heterocycles. The van der Waals surface area contributed by atoms with Gasteiger partial charge in [0.1, 0.15) is 0 Å². The van der Waals surface area contributed by atoms with Gasteiger partial charge in [0.2, 0.25) is 5.54 Å². The summed E-state index contributed by atoms with van der Waals surface area (Å²) in [6.45, 7) is 0.677. The van der Waals surface area contributed by atoms with Crippen molar-refractivity contribution in [2.24, 2.45) is 5.73 Å². The molecule has 0 aliphatic rings. The maximum atomic E-state index is 12.7. The molecule has 17 heavy (non-hydrogen) atoms. The molecule has 1 rings (SSSR count). The van der Waals surface area contributed by atoms with Crippen LogP contribution in [0.25, 0.3) is 0 Å². The summed E-state index contributed by atoms with van der Waals surface area (Å²) in [6.07, 6.45) is -4.80. The monoisotopic (exact) mass is 266 g/mol. The van der Waals surface area contributed by atoms with E-state index in [4.69, 9.17) is 17.3 Å². The van der Waals surface area contributed by atoms with Gasteiger partial charge >= 0.3 is 6.18 Å². The number of carbonyl (C=O) groups is 1. The lowest BCUT2D eigenvalue weighted by molar-refractivity contribution is -0.180. The maximum absolute atomic E-state index is 12.7. The molecule has 0 saturated carbocycles. The number of rotatable bonds is 3. The summed E-state index contributed by atoms with van der Waals surface area (Å²) in [7, 11) is 0. The van der Waals surface area contributed by atoms with Crippen LogP contribution in [0, 0.1) is 0 Å². The van der Waals surface area contributed by atoms with Crippen molar-refractivity contribution in [1.82, 2.24) is 0 Å². The van der Waals surface area contributed by atoms with Crippen LogP contribution in [0.1, 0.15) is 6.92 Å². The highest BCUT2D eigenvalue weighted by atomic mass is 35.5. The van der Waals surface area contributed by atoms with Crippen molar-refractivity contribution in [3.63, 3.8) is 0 Å². The van der Waals surface area contributed by atoms with Crippen LogP contribution in [0.15, 0.2) is 24.3 Å². The molecule has 1 aromatic rings. The number of halogens is 4. The van der Waals surface area contributed by atoms with Gasteiger partial charge in [-0.1, -0.05) is 17.7 Å². The molecular weight excluding hydrogens is 257 g/mol. The van der Waals surface area contributed by atoms with Gasteiger partial charge in [0, 0.05) is 10.7 Å². The zero-order valence-electron chi connectivity index (χ0n) is 8.81. The first-order valence-corrected chi connectivity index (χ1v) is 4.95. The van der Waals surface area contributed by atoms with Crippen LogP contribution in [0.3, 0.4) is 0 Å². The van der Waals surface area contributed by atoms with Crippen LogP contribution in [-0.2, 0) is 4.79 Å². The second kappa shape index (κ2) is 4.44. The number of nitrogens with one attached hydrogen (secondary N) is 1. The van der Waals surface area contributed by atoms with Crippen LogP contribution < -0.4 is 11.1 Å². The minimum absolute atomic E-state index is 0.0659. The van der Waals surface area contributed by atoms with Crippen LogP contribution in [0.4, 0.5) is 18.9 Å². The summed E-state index contributed by atoms with van der Waals surface area (Å²) in [4.78, 5) is 11.0. The van der Waals surface area contributed by atoms with Gasteiger partial charge in [-0.15, -0.1) is 0 Å². The van der Waals surface area contributed by atoms with Gasteiger partial charge in [-0.2, -0.15) is 13.2 Å². The summed E-state index contributed by atoms with van der Waals surface area (Å²) >= 11 is 5.63. The average molecular weight is 267 g/mol. The molecule has 0 aliphatic carbocycles. The third-order valence-electron chi connectivity index (χ3n) is 2.28. The number of benzene rings is 1. The molecule has 3 nitrogen and oxygen atoms in total. The van der Waals surface area contributed by atoms with Crippen molar-refractivity contribution in [3.05, 3.63) is 29.3 Å². The van der Waals surface area contributed by atoms with Crippen LogP contribution in [0.5, 0.6) is 0 Å².